The van der Waals surface area contributed by atoms with Gasteiger partial charge in [0.2, 0.25) is 0 Å². The smallest absolute Gasteiger partial charge is 0.320 e. The Hall–Kier alpha value is -2.61. The molecule has 0 aliphatic carbocycles. The highest BCUT2D eigenvalue weighted by Gasteiger charge is 2.22. The summed E-state index contributed by atoms with van der Waals surface area (Å²) in [5, 5.41) is 26.0. The van der Waals surface area contributed by atoms with Crippen molar-refractivity contribution in [3.05, 3.63) is 50.7 Å². The molecule has 104 valence electrons. The van der Waals surface area contributed by atoms with Crippen LogP contribution in [0.4, 0.5) is 10.5 Å². The maximum atomic E-state index is 11.3. The fourth-order valence-electron chi connectivity index (χ4n) is 1.71. The molecule has 0 fully saturated rings. The predicted octanol–water partition coefficient (Wildman–Crippen LogP) is 0.236. The van der Waals surface area contributed by atoms with E-state index in [-0.39, 0.29) is 10.7 Å². The second-order valence-corrected chi connectivity index (χ2v) is 4.32. The lowest BCUT2D eigenvalue weighted by Crippen LogP contribution is -2.46. The van der Waals surface area contributed by atoms with Crippen LogP contribution < -0.4 is 15.7 Å². The van der Waals surface area contributed by atoms with Crippen molar-refractivity contribution in [3.8, 4) is 0 Å². The van der Waals surface area contributed by atoms with Crippen LogP contribution in [0.5, 0.6) is 0 Å². The van der Waals surface area contributed by atoms with Gasteiger partial charge in [0.25, 0.3) is 5.69 Å². The van der Waals surface area contributed by atoms with Gasteiger partial charge in [-0.05, 0) is 17.7 Å². The largest absolute Gasteiger partial charge is 0.543 e. The lowest BCUT2D eigenvalue weighted by molar-refractivity contribution is -0.384. The van der Waals surface area contributed by atoms with Gasteiger partial charge in [-0.3, -0.25) is 10.1 Å². The number of benzene rings is 1. The molecule has 20 heavy (non-hydrogen) atoms. The lowest BCUT2D eigenvalue weighted by Gasteiger charge is -2.24. The molecule has 1 aromatic rings. The van der Waals surface area contributed by atoms with Crippen molar-refractivity contribution < 1.29 is 19.6 Å². The molecule has 9 heteroatoms. The van der Waals surface area contributed by atoms with Gasteiger partial charge in [0.05, 0.1) is 22.6 Å². The summed E-state index contributed by atoms with van der Waals surface area (Å²) in [5.41, 5.74) is -0.411. The van der Waals surface area contributed by atoms with Gasteiger partial charge >= 0.3 is 6.03 Å². The number of urea groups is 1. The lowest BCUT2D eigenvalue weighted by atomic mass is 10.0. The van der Waals surface area contributed by atoms with Gasteiger partial charge < -0.3 is 20.5 Å². The fourth-order valence-corrected chi connectivity index (χ4v) is 1.90. The molecule has 0 aromatic heterocycles. The second-order valence-electron chi connectivity index (χ2n) is 3.91. The number of carbonyl (C=O) groups is 2. The van der Waals surface area contributed by atoms with E-state index in [0.717, 1.165) is 0 Å². The minimum Gasteiger partial charge on any atom is -0.543 e. The van der Waals surface area contributed by atoms with Crippen LogP contribution in [0.3, 0.4) is 0 Å². The number of hydrogen-bond acceptors (Lipinski definition) is 5. The monoisotopic (exact) mass is 296 g/mol. The fraction of sp³-hybridized carbons (Fsp3) is 0.0909. The summed E-state index contributed by atoms with van der Waals surface area (Å²) in [5.74, 6) is -1.55. The van der Waals surface area contributed by atoms with Gasteiger partial charge in [-0.2, -0.15) is 0 Å². The van der Waals surface area contributed by atoms with Crippen LogP contribution in [0.25, 0.3) is 0 Å². The Kier molecular flexibility index (Phi) is 3.57. The summed E-state index contributed by atoms with van der Waals surface area (Å²) in [6.07, 6.45) is 1.18. The summed E-state index contributed by atoms with van der Waals surface area (Å²) in [6.45, 7) is 0. The number of carboxylic acids is 1. The molecular weight excluding hydrogens is 290 g/mol. The maximum Gasteiger partial charge on any atom is 0.320 e. The van der Waals surface area contributed by atoms with Gasteiger partial charge in [0.15, 0.2) is 0 Å². The molecule has 1 atom stereocenters. The molecule has 0 radical (unpaired) electrons. The van der Waals surface area contributed by atoms with E-state index in [0.29, 0.717) is 5.56 Å². The molecule has 1 aliphatic rings. The zero-order chi connectivity index (χ0) is 14.9. The Bertz CT molecular complexity index is 643. The molecule has 0 saturated carbocycles. The topological polar surface area (TPSA) is 124 Å². The number of carbonyl (C=O) groups excluding carboxylic acids is 2. The predicted molar refractivity (Wildman–Crippen MR) is 65.6 cm³/mol. The van der Waals surface area contributed by atoms with E-state index >= 15 is 0 Å². The summed E-state index contributed by atoms with van der Waals surface area (Å²) in [6, 6.07) is 2.36. The molecule has 2 rings (SSSR count). The first kappa shape index (κ1) is 13.8. The first-order valence-corrected chi connectivity index (χ1v) is 5.71. The van der Waals surface area contributed by atoms with Crippen LogP contribution in [-0.2, 0) is 4.79 Å². The first-order valence-electron chi connectivity index (χ1n) is 5.33. The minimum atomic E-state index is -1.55. The van der Waals surface area contributed by atoms with Crippen molar-refractivity contribution in [2.24, 2.45) is 0 Å². The Morgan fingerprint density at radius 1 is 1.40 bits per heavy atom. The van der Waals surface area contributed by atoms with Gasteiger partial charge in [-0.25, -0.2) is 4.79 Å². The molecule has 0 bridgehead atoms. The quantitative estimate of drug-likeness (QED) is 0.610. The third-order valence-electron chi connectivity index (χ3n) is 2.61. The minimum absolute atomic E-state index is 0.0527. The van der Waals surface area contributed by atoms with Crippen LogP contribution in [0.15, 0.2) is 30.0 Å². The molecular formula is C11H7ClN3O5-. The van der Waals surface area contributed by atoms with E-state index in [2.05, 4.69) is 10.6 Å². The highest BCUT2D eigenvalue weighted by atomic mass is 35.5. The number of halogens is 1. The molecule has 0 unspecified atom stereocenters. The van der Waals surface area contributed by atoms with E-state index in [4.69, 9.17) is 11.6 Å². The van der Waals surface area contributed by atoms with Crippen molar-refractivity contribution in [1.82, 2.24) is 10.6 Å². The van der Waals surface area contributed by atoms with Gasteiger partial charge in [0, 0.05) is 6.07 Å². The highest BCUT2D eigenvalue weighted by molar-refractivity contribution is 6.32. The van der Waals surface area contributed by atoms with E-state index < -0.39 is 28.7 Å². The third-order valence-corrected chi connectivity index (χ3v) is 2.93. The molecule has 2 N–H and O–H groups in total. The molecule has 8 nitrogen and oxygen atoms in total. The average Bonchev–Trinajstić information content (AvgIpc) is 2.38. The normalized spacial score (nSPS) is 17.8. The summed E-state index contributed by atoms with van der Waals surface area (Å²) >= 11 is 5.68. The van der Waals surface area contributed by atoms with Gasteiger partial charge in [0.1, 0.15) is 5.02 Å². The standard InChI is InChI=1S/C11H8ClN3O5/c12-6-2-1-5(3-9(6)15(19)20)7-4-8(10(16)17)14-11(18)13-7/h1-4,7H,(H,16,17)(H2,13,14,18)/p-1/t7-/m0/s1. The number of nitro benzene ring substituents is 1. The summed E-state index contributed by atoms with van der Waals surface area (Å²) < 4.78 is 0. The zero-order valence-corrected chi connectivity index (χ0v) is 10.5. The van der Waals surface area contributed by atoms with Crippen molar-refractivity contribution in [2.45, 2.75) is 6.04 Å². The van der Waals surface area contributed by atoms with Crippen molar-refractivity contribution >= 4 is 29.3 Å². The van der Waals surface area contributed by atoms with E-state index in [9.17, 15) is 24.8 Å². The molecule has 0 spiro atoms. The number of nitro groups is 1. The zero-order valence-electron chi connectivity index (χ0n) is 9.75. The van der Waals surface area contributed by atoms with Crippen LogP contribution in [-0.4, -0.2) is 16.9 Å². The van der Waals surface area contributed by atoms with Crippen molar-refractivity contribution in [2.75, 3.05) is 0 Å². The van der Waals surface area contributed by atoms with Crippen LogP contribution >= 0.6 is 11.6 Å². The summed E-state index contributed by atoms with van der Waals surface area (Å²) in [4.78, 5) is 32.2. The Labute approximate surface area is 117 Å². The van der Waals surface area contributed by atoms with Crippen LogP contribution in [0, 0.1) is 10.1 Å². The van der Waals surface area contributed by atoms with E-state index in [1.54, 1.807) is 0 Å². The number of nitrogens with one attached hydrogen (secondary N) is 2. The van der Waals surface area contributed by atoms with E-state index in [1.165, 1.54) is 24.3 Å². The molecule has 2 amide bonds. The SMILES string of the molecule is O=C1NC(C(=O)[O-])=C[C@@H](c2ccc(Cl)c([N+](=O)[O-])c2)N1. The highest BCUT2D eigenvalue weighted by Crippen LogP contribution is 2.29. The molecule has 0 saturated heterocycles. The third kappa shape index (κ3) is 2.69. The number of aliphatic carboxylic acids is 1. The molecule has 1 aromatic carbocycles. The molecule has 1 heterocycles. The van der Waals surface area contributed by atoms with Crippen LogP contribution in [0.2, 0.25) is 5.02 Å². The second kappa shape index (κ2) is 5.17. The average molecular weight is 297 g/mol. The van der Waals surface area contributed by atoms with Gasteiger partial charge in [-0.1, -0.05) is 17.7 Å². The molecule has 1 aliphatic heterocycles. The number of hydrogen-bond donors (Lipinski definition) is 2. The number of rotatable bonds is 3. The van der Waals surface area contributed by atoms with Crippen molar-refractivity contribution in [1.29, 1.82) is 0 Å². The van der Waals surface area contributed by atoms with E-state index in [1.807, 2.05) is 0 Å². The number of carboxylic acid groups (broad SMARTS) is 1. The Morgan fingerprint density at radius 3 is 2.70 bits per heavy atom. The first-order chi connectivity index (χ1) is 9.38. The summed E-state index contributed by atoms with van der Waals surface area (Å²) in [7, 11) is 0. The van der Waals surface area contributed by atoms with Crippen LogP contribution in [0.1, 0.15) is 11.6 Å². The Morgan fingerprint density at radius 2 is 2.10 bits per heavy atom. The van der Waals surface area contributed by atoms with Crippen molar-refractivity contribution in [3.63, 3.8) is 0 Å². The number of nitrogens with zero attached hydrogens (tertiary/aromatic N) is 1. The number of amides is 2. The maximum absolute atomic E-state index is 11.3. The Balaban J connectivity index is 2.43. The van der Waals surface area contributed by atoms with Gasteiger partial charge in [-0.15, -0.1) is 0 Å².